The highest BCUT2D eigenvalue weighted by Gasteiger charge is 2.19. The summed E-state index contributed by atoms with van der Waals surface area (Å²) in [6.45, 7) is 0.554. The Balaban J connectivity index is 1.56. The Morgan fingerprint density at radius 1 is 0.811 bits per heavy atom. The van der Waals surface area contributed by atoms with Gasteiger partial charge in [0, 0.05) is 24.2 Å². The molecule has 0 atom stereocenters. The minimum atomic E-state index is -3.90. The van der Waals surface area contributed by atoms with Crippen molar-refractivity contribution in [1.82, 2.24) is 4.90 Å². The first-order chi connectivity index (χ1) is 17.7. The number of carbonyl (C=O) groups is 1. The van der Waals surface area contributed by atoms with Gasteiger partial charge in [0.15, 0.2) is 0 Å². The number of sulfonamides is 1. The maximum atomic E-state index is 13.2. The van der Waals surface area contributed by atoms with Gasteiger partial charge in [-0.05, 0) is 41.0 Å². The number of amidine groups is 1. The van der Waals surface area contributed by atoms with Crippen LogP contribution in [-0.4, -0.2) is 25.2 Å². The zero-order valence-electron chi connectivity index (χ0n) is 19.9. The summed E-state index contributed by atoms with van der Waals surface area (Å²) < 4.78 is 29.6. The van der Waals surface area contributed by atoms with Gasteiger partial charge in [0.1, 0.15) is 11.6 Å². The van der Waals surface area contributed by atoms with Crippen LogP contribution in [0.3, 0.4) is 0 Å². The van der Waals surface area contributed by atoms with Gasteiger partial charge in [-0.2, -0.15) is 0 Å². The lowest BCUT2D eigenvalue weighted by molar-refractivity contribution is 0.146. The highest BCUT2D eigenvalue weighted by Crippen LogP contribution is 2.28. The van der Waals surface area contributed by atoms with Crippen molar-refractivity contribution in [2.45, 2.75) is 18.0 Å². The van der Waals surface area contributed by atoms with Crippen molar-refractivity contribution in [3.05, 3.63) is 120 Å². The Hall–Kier alpha value is -4.47. The SMILES string of the molecule is N=C(N)c1cccc(CN(Cc2ccccc2)C(=O)Oc2ccc(-c3ccccc3S(N)(=O)=O)cc2)c1. The van der Waals surface area contributed by atoms with E-state index in [2.05, 4.69) is 0 Å². The number of hydrogen-bond donors (Lipinski definition) is 3. The molecule has 0 fully saturated rings. The lowest BCUT2D eigenvalue weighted by atomic mass is 10.1. The van der Waals surface area contributed by atoms with Crippen LogP contribution in [0.1, 0.15) is 16.7 Å². The molecule has 188 valence electrons. The summed E-state index contributed by atoms with van der Waals surface area (Å²) in [5, 5.41) is 13.0. The summed E-state index contributed by atoms with van der Waals surface area (Å²) in [6, 6.07) is 29.7. The van der Waals surface area contributed by atoms with Gasteiger partial charge in [-0.25, -0.2) is 18.4 Å². The minimum absolute atomic E-state index is 0.0153. The minimum Gasteiger partial charge on any atom is -0.410 e. The average Bonchev–Trinajstić information content (AvgIpc) is 2.89. The van der Waals surface area contributed by atoms with E-state index in [1.807, 2.05) is 36.4 Å². The van der Waals surface area contributed by atoms with Crippen LogP contribution in [0.25, 0.3) is 11.1 Å². The van der Waals surface area contributed by atoms with Crippen LogP contribution in [0.4, 0.5) is 4.79 Å². The van der Waals surface area contributed by atoms with E-state index < -0.39 is 16.1 Å². The Morgan fingerprint density at radius 2 is 1.43 bits per heavy atom. The molecular formula is C28H26N4O4S. The lowest BCUT2D eigenvalue weighted by Gasteiger charge is -2.23. The van der Waals surface area contributed by atoms with Crippen LogP contribution in [0.15, 0.2) is 108 Å². The maximum Gasteiger partial charge on any atom is 0.415 e. The van der Waals surface area contributed by atoms with E-state index in [-0.39, 0.29) is 17.3 Å². The number of carbonyl (C=O) groups excluding carboxylic acids is 1. The van der Waals surface area contributed by atoms with Crippen LogP contribution in [0.5, 0.6) is 5.75 Å². The molecule has 4 aromatic rings. The van der Waals surface area contributed by atoms with Gasteiger partial charge in [0.05, 0.1) is 4.90 Å². The molecule has 37 heavy (non-hydrogen) atoms. The number of nitrogens with zero attached hydrogens (tertiary/aromatic N) is 1. The molecule has 0 unspecified atom stereocenters. The van der Waals surface area contributed by atoms with Gasteiger partial charge in [-0.3, -0.25) is 10.3 Å². The number of hydrogen-bond acceptors (Lipinski definition) is 5. The summed E-state index contributed by atoms with van der Waals surface area (Å²) in [5.41, 5.74) is 9.00. The van der Waals surface area contributed by atoms with Crippen molar-refractivity contribution < 1.29 is 17.9 Å². The largest absolute Gasteiger partial charge is 0.415 e. The van der Waals surface area contributed by atoms with E-state index in [1.54, 1.807) is 65.6 Å². The number of nitrogens with one attached hydrogen (secondary N) is 1. The molecule has 4 rings (SSSR count). The van der Waals surface area contributed by atoms with E-state index in [0.29, 0.717) is 29.0 Å². The standard InChI is InChI=1S/C28H26N4O4S/c29-27(30)23-10-6-9-21(17-23)19-32(18-20-7-2-1-3-8-20)28(33)36-24-15-13-22(14-16-24)25-11-4-5-12-26(25)37(31,34)35/h1-17H,18-19H2,(H3,29,30)(H2,31,34,35). The molecule has 0 aliphatic heterocycles. The average molecular weight is 515 g/mol. The summed E-state index contributed by atoms with van der Waals surface area (Å²) in [6.07, 6.45) is -0.560. The molecule has 0 aliphatic carbocycles. The topological polar surface area (TPSA) is 140 Å². The molecular weight excluding hydrogens is 488 g/mol. The first-order valence-electron chi connectivity index (χ1n) is 11.4. The molecule has 0 saturated heterocycles. The summed E-state index contributed by atoms with van der Waals surface area (Å²) >= 11 is 0. The van der Waals surface area contributed by atoms with Gasteiger partial charge in [0.25, 0.3) is 0 Å². The van der Waals surface area contributed by atoms with Crippen molar-refractivity contribution >= 4 is 22.0 Å². The van der Waals surface area contributed by atoms with E-state index in [0.717, 1.165) is 11.1 Å². The van der Waals surface area contributed by atoms with Crippen LogP contribution in [-0.2, 0) is 23.1 Å². The molecule has 0 spiro atoms. The number of primary sulfonamides is 1. The normalized spacial score (nSPS) is 11.1. The third-order valence-corrected chi connectivity index (χ3v) is 6.62. The molecule has 0 aromatic heterocycles. The first-order valence-corrected chi connectivity index (χ1v) is 12.9. The van der Waals surface area contributed by atoms with Crippen LogP contribution >= 0.6 is 0 Å². The van der Waals surface area contributed by atoms with Gasteiger partial charge < -0.3 is 10.5 Å². The second-order valence-corrected chi connectivity index (χ2v) is 9.92. The smallest absolute Gasteiger partial charge is 0.410 e. The molecule has 5 N–H and O–H groups in total. The third kappa shape index (κ3) is 6.60. The molecule has 4 aromatic carbocycles. The zero-order valence-corrected chi connectivity index (χ0v) is 20.7. The van der Waals surface area contributed by atoms with Crippen LogP contribution in [0.2, 0.25) is 0 Å². The predicted molar refractivity (Wildman–Crippen MR) is 142 cm³/mol. The van der Waals surface area contributed by atoms with E-state index in [9.17, 15) is 13.2 Å². The highest BCUT2D eigenvalue weighted by molar-refractivity contribution is 7.89. The van der Waals surface area contributed by atoms with E-state index in [1.165, 1.54) is 6.07 Å². The summed E-state index contributed by atoms with van der Waals surface area (Å²) in [7, 11) is -3.90. The van der Waals surface area contributed by atoms with Gasteiger partial charge in [-0.1, -0.05) is 78.9 Å². The summed E-state index contributed by atoms with van der Waals surface area (Å²) in [4.78, 5) is 14.8. The molecule has 9 heteroatoms. The lowest BCUT2D eigenvalue weighted by Crippen LogP contribution is -2.32. The van der Waals surface area contributed by atoms with E-state index in [4.69, 9.17) is 21.0 Å². The van der Waals surface area contributed by atoms with E-state index >= 15 is 0 Å². The number of amides is 1. The number of nitrogen functional groups attached to an aromatic ring is 1. The van der Waals surface area contributed by atoms with Gasteiger partial charge in [0.2, 0.25) is 10.0 Å². The maximum absolute atomic E-state index is 13.2. The van der Waals surface area contributed by atoms with Gasteiger partial charge in [-0.15, -0.1) is 0 Å². The number of benzene rings is 4. The fraction of sp³-hybridized carbons (Fsp3) is 0.0714. The van der Waals surface area contributed by atoms with Crippen molar-refractivity contribution in [3.63, 3.8) is 0 Å². The Morgan fingerprint density at radius 3 is 2.11 bits per heavy atom. The fourth-order valence-corrected chi connectivity index (χ4v) is 4.63. The number of ether oxygens (including phenoxy) is 1. The predicted octanol–water partition coefficient (Wildman–Crippen LogP) is 4.49. The second kappa shape index (κ2) is 11.1. The Kier molecular flexibility index (Phi) is 7.66. The molecule has 0 saturated carbocycles. The summed E-state index contributed by atoms with van der Waals surface area (Å²) in [5.74, 6) is 0.250. The van der Waals surface area contributed by atoms with Crippen molar-refractivity contribution in [2.24, 2.45) is 10.9 Å². The molecule has 0 aliphatic rings. The van der Waals surface area contributed by atoms with Gasteiger partial charge >= 0.3 is 6.09 Å². The number of rotatable bonds is 8. The Bertz CT molecular complexity index is 1520. The quantitative estimate of drug-likeness (QED) is 0.235. The fourth-order valence-electron chi connectivity index (χ4n) is 3.87. The van der Waals surface area contributed by atoms with Crippen LogP contribution < -0.4 is 15.6 Å². The highest BCUT2D eigenvalue weighted by atomic mass is 32.2. The Labute approximate surface area is 215 Å². The molecule has 8 nitrogen and oxygen atoms in total. The molecule has 1 amide bonds. The molecule has 0 heterocycles. The van der Waals surface area contributed by atoms with Crippen molar-refractivity contribution in [3.8, 4) is 16.9 Å². The number of nitrogens with two attached hydrogens (primary N) is 2. The third-order valence-electron chi connectivity index (χ3n) is 5.65. The molecule has 0 radical (unpaired) electrons. The second-order valence-electron chi connectivity index (χ2n) is 8.39. The zero-order chi connectivity index (χ0) is 26.4. The first kappa shape index (κ1) is 25.6. The van der Waals surface area contributed by atoms with Crippen LogP contribution in [0, 0.1) is 5.41 Å². The molecule has 0 bridgehead atoms. The van der Waals surface area contributed by atoms with Crippen molar-refractivity contribution in [1.29, 1.82) is 5.41 Å². The van der Waals surface area contributed by atoms with Crippen molar-refractivity contribution in [2.75, 3.05) is 0 Å². The monoisotopic (exact) mass is 514 g/mol.